The maximum absolute atomic E-state index is 13.0. The number of nitrogens with zero attached hydrogens (tertiary/aromatic N) is 2. The second-order valence-corrected chi connectivity index (χ2v) is 8.98. The Morgan fingerprint density at radius 1 is 1.10 bits per heavy atom. The highest BCUT2D eigenvalue weighted by Crippen LogP contribution is 2.38. The molecule has 2 saturated heterocycles. The number of carbonyl (C=O) groups is 1. The van der Waals surface area contributed by atoms with Crippen LogP contribution in [0.4, 0.5) is 0 Å². The van der Waals surface area contributed by atoms with Gasteiger partial charge in [0.2, 0.25) is 5.91 Å². The fraction of sp³-hybridized carbons (Fsp3) is 0.480. The van der Waals surface area contributed by atoms with Crippen molar-refractivity contribution in [1.82, 2.24) is 9.80 Å². The Morgan fingerprint density at radius 2 is 1.90 bits per heavy atom. The third kappa shape index (κ3) is 4.39. The van der Waals surface area contributed by atoms with Gasteiger partial charge in [-0.2, -0.15) is 0 Å². The maximum Gasteiger partial charge on any atom is 0.223 e. The van der Waals surface area contributed by atoms with E-state index in [0.717, 1.165) is 32.8 Å². The van der Waals surface area contributed by atoms with Crippen molar-refractivity contribution in [3.63, 3.8) is 0 Å². The summed E-state index contributed by atoms with van der Waals surface area (Å²) in [5.74, 6) is 0.249. The highest BCUT2D eigenvalue weighted by Gasteiger charge is 2.46. The molecule has 4 rings (SSSR count). The Labute approximate surface area is 174 Å². The molecule has 0 aromatic heterocycles. The van der Waals surface area contributed by atoms with Crippen molar-refractivity contribution in [2.75, 3.05) is 32.8 Å². The van der Waals surface area contributed by atoms with Gasteiger partial charge in [0, 0.05) is 38.0 Å². The van der Waals surface area contributed by atoms with Gasteiger partial charge >= 0.3 is 0 Å². The van der Waals surface area contributed by atoms with E-state index < -0.39 is 0 Å². The van der Waals surface area contributed by atoms with Crippen LogP contribution in [0.3, 0.4) is 0 Å². The molecule has 0 bridgehead atoms. The van der Waals surface area contributed by atoms with E-state index in [1.54, 1.807) is 0 Å². The number of amides is 1. The van der Waals surface area contributed by atoms with Gasteiger partial charge in [-0.05, 0) is 37.5 Å². The molecular weight excluding hydrogens is 360 g/mol. The van der Waals surface area contributed by atoms with Crippen LogP contribution in [0.1, 0.15) is 41.6 Å². The zero-order chi connectivity index (χ0) is 20.4. The Hall–Kier alpha value is -2.17. The quantitative estimate of drug-likeness (QED) is 0.785. The summed E-state index contributed by atoms with van der Waals surface area (Å²) in [6.45, 7) is 11.4. The van der Waals surface area contributed by atoms with E-state index in [9.17, 15) is 4.79 Å². The van der Waals surface area contributed by atoms with Gasteiger partial charge in [0.25, 0.3) is 0 Å². The molecule has 2 heterocycles. The predicted octanol–water partition coefficient (Wildman–Crippen LogP) is 4.12. The summed E-state index contributed by atoms with van der Waals surface area (Å²) in [6.07, 6.45) is 0.577. The molecule has 0 saturated carbocycles. The Bertz CT molecular complexity index is 866. The van der Waals surface area contributed by atoms with Crippen LogP contribution in [0.5, 0.6) is 0 Å². The van der Waals surface area contributed by atoms with Crippen LogP contribution in [0.25, 0.3) is 0 Å². The summed E-state index contributed by atoms with van der Waals surface area (Å²) in [7, 11) is 0. The molecule has 1 amide bonds. The van der Waals surface area contributed by atoms with Gasteiger partial charge in [0.05, 0.1) is 19.3 Å². The third-order valence-electron chi connectivity index (χ3n) is 6.52. The van der Waals surface area contributed by atoms with Crippen LogP contribution < -0.4 is 0 Å². The summed E-state index contributed by atoms with van der Waals surface area (Å²) >= 11 is 0. The molecule has 2 atom stereocenters. The molecule has 2 aliphatic heterocycles. The van der Waals surface area contributed by atoms with Crippen molar-refractivity contribution in [2.24, 2.45) is 5.41 Å². The van der Waals surface area contributed by atoms with Crippen molar-refractivity contribution in [1.29, 1.82) is 0 Å². The van der Waals surface area contributed by atoms with Gasteiger partial charge in [0.1, 0.15) is 0 Å². The highest BCUT2D eigenvalue weighted by molar-refractivity contribution is 5.80. The van der Waals surface area contributed by atoms with Gasteiger partial charge < -0.3 is 9.64 Å². The van der Waals surface area contributed by atoms with Crippen LogP contribution in [0.2, 0.25) is 0 Å². The standard InChI is InChI=1S/C25H32N2O2/c1-19-9-10-20(2)23(13-19)15-26-11-12-29-18-25(16-26)14-24(28)27(17-25)21(3)22-7-5-4-6-8-22/h4-10,13,21H,11-12,14-18H2,1-3H3/t21-,25+/m1/s1. The monoisotopic (exact) mass is 392 g/mol. The lowest BCUT2D eigenvalue weighted by Gasteiger charge is -2.33. The van der Waals surface area contributed by atoms with Crippen molar-refractivity contribution in [2.45, 2.75) is 39.8 Å². The molecule has 1 spiro atoms. The van der Waals surface area contributed by atoms with Crippen LogP contribution in [0.15, 0.2) is 48.5 Å². The van der Waals surface area contributed by atoms with Crippen LogP contribution in [-0.4, -0.2) is 48.6 Å². The molecule has 0 N–H and O–H groups in total. The first-order valence-corrected chi connectivity index (χ1v) is 10.7. The number of rotatable bonds is 4. The normalized spacial score (nSPS) is 24.1. The largest absolute Gasteiger partial charge is 0.379 e. The lowest BCUT2D eigenvalue weighted by Crippen LogP contribution is -2.41. The molecule has 2 fully saturated rings. The number of likely N-dealkylation sites (tertiary alicyclic amines) is 1. The molecular formula is C25H32N2O2. The zero-order valence-electron chi connectivity index (χ0n) is 17.9. The molecule has 0 aliphatic carbocycles. The summed E-state index contributed by atoms with van der Waals surface area (Å²) in [5.41, 5.74) is 5.08. The minimum absolute atomic E-state index is 0.0961. The van der Waals surface area contributed by atoms with E-state index in [0.29, 0.717) is 13.0 Å². The van der Waals surface area contributed by atoms with Gasteiger partial charge in [-0.1, -0.05) is 54.1 Å². The first-order chi connectivity index (χ1) is 14.0. The fourth-order valence-electron chi connectivity index (χ4n) is 4.82. The second-order valence-electron chi connectivity index (χ2n) is 8.98. The van der Waals surface area contributed by atoms with Crippen molar-refractivity contribution < 1.29 is 9.53 Å². The summed E-state index contributed by atoms with van der Waals surface area (Å²) in [5, 5.41) is 0. The molecule has 154 valence electrons. The lowest BCUT2D eigenvalue weighted by molar-refractivity contribution is -0.129. The van der Waals surface area contributed by atoms with Gasteiger partial charge in [0.15, 0.2) is 0 Å². The number of hydrogen-bond donors (Lipinski definition) is 0. The Kier molecular flexibility index (Phi) is 5.75. The average molecular weight is 393 g/mol. The Morgan fingerprint density at radius 3 is 2.69 bits per heavy atom. The summed E-state index contributed by atoms with van der Waals surface area (Å²) < 4.78 is 6.02. The number of aryl methyl sites for hydroxylation is 2. The third-order valence-corrected chi connectivity index (χ3v) is 6.52. The van der Waals surface area contributed by atoms with Crippen molar-refractivity contribution in [3.8, 4) is 0 Å². The van der Waals surface area contributed by atoms with E-state index in [-0.39, 0.29) is 17.4 Å². The zero-order valence-corrected chi connectivity index (χ0v) is 17.9. The van der Waals surface area contributed by atoms with Crippen LogP contribution in [0, 0.1) is 19.3 Å². The smallest absolute Gasteiger partial charge is 0.223 e. The predicted molar refractivity (Wildman–Crippen MR) is 116 cm³/mol. The fourth-order valence-corrected chi connectivity index (χ4v) is 4.82. The van der Waals surface area contributed by atoms with Crippen LogP contribution >= 0.6 is 0 Å². The molecule has 4 heteroatoms. The highest BCUT2D eigenvalue weighted by atomic mass is 16.5. The number of benzene rings is 2. The van der Waals surface area contributed by atoms with E-state index in [1.807, 2.05) is 18.2 Å². The molecule has 29 heavy (non-hydrogen) atoms. The molecule has 2 aliphatic rings. The molecule has 0 radical (unpaired) electrons. The molecule has 0 unspecified atom stereocenters. The van der Waals surface area contributed by atoms with Crippen molar-refractivity contribution in [3.05, 3.63) is 70.8 Å². The van der Waals surface area contributed by atoms with E-state index in [2.05, 4.69) is 60.9 Å². The number of ether oxygens (including phenoxy) is 1. The average Bonchev–Trinajstić information content (AvgIpc) is 2.90. The lowest BCUT2D eigenvalue weighted by atomic mass is 9.87. The first kappa shape index (κ1) is 20.1. The van der Waals surface area contributed by atoms with Gasteiger partial charge in [-0.3, -0.25) is 9.69 Å². The van der Waals surface area contributed by atoms with Crippen molar-refractivity contribution >= 4 is 5.91 Å². The minimum Gasteiger partial charge on any atom is -0.379 e. The van der Waals surface area contributed by atoms with Crippen LogP contribution in [-0.2, 0) is 16.1 Å². The van der Waals surface area contributed by atoms with E-state index >= 15 is 0 Å². The summed E-state index contributed by atoms with van der Waals surface area (Å²) in [6, 6.07) is 17.1. The molecule has 2 aromatic rings. The number of carbonyl (C=O) groups excluding carboxylic acids is 1. The first-order valence-electron chi connectivity index (χ1n) is 10.7. The summed E-state index contributed by atoms with van der Waals surface area (Å²) in [4.78, 5) is 17.5. The van der Waals surface area contributed by atoms with Gasteiger partial charge in [-0.15, -0.1) is 0 Å². The SMILES string of the molecule is Cc1ccc(C)c(CN2CCOC[C@@]3(CC(=O)N([C@H](C)c4ccccc4)C3)C2)c1. The Balaban J connectivity index is 1.51. The molecule has 4 nitrogen and oxygen atoms in total. The second kappa shape index (κ2) is 8.29. The number of hydrogen-bond acceptors (Lipinski definition) is 3. The topological polar surface area (TPSA) is 32.8 Å². The maximum atomic E-state index is 13.0. The molecule has 2 aromatic carbocycles. The van der Waals surface area contributed by atoms with Gasteiger partial charge in [-0.25, -0.2) is 0 Å². The van der Waals surface area contributed by atoms with E-state index in [1.165, 1.54) is 22.3 Å². The van der Waals surface area contributed by atoms with E-state index in [4.69, 9.17) is 4.74 Å². The minimum atomic E-state index is -0.117.